The molecule has 1 amide bonds. The summed E-state index contributed by atoms with van der Waals surface area (Å²) in [6.07, 6.45) is 2.25. The number of ether oxygens (including phenoxy) is 2. The van der Waals surface area contributed by atoms with E-state index in [1.54, 1.807) is 42.5 Å². The lowest BCUT2D eigenvalue weighted by Crippen LogP contribution is -2.17. The van der Waals surface area contributed by atoms with E-state index in [-0.39, 0.29) is 11.3 Å². The second kappa shape index (κ2) is 11.2. The maximum atomic E-state index is 13.0. The smallest absolute Gasteiger partial charge is 0.343 e. The molecule has 0 heterocycles. The molecule has 0 atom stereocenters. The van der Waals surface area contributed by atoms with E-state index in [1.165, 1.54) is 30.5 Å². The molecule has 0 bridgehead atoms. The molecule has 0 aliphatic carbocycles. The standard InChI is InChI=1S/C24H20BrFN2O4/c1-2-13-31-21-10-5-17(6-11-21)24(30)32-22-12-7-19(25)14-18(22)15-27-28-23(29)16-3-8-20(26)9-4-16/h3-12,14-15H,2,13H2,1H3,(H,28,29). The molecule has 8 heteroatoms. The van der Waals surface area contributed by atoms with Gasteiger partial charge in [-0.25, -0.2) is 14.6 Å². The van der Waals surface area contributed by atoms with Crippen molar-refractivity contribution >= 4 is 34.0 Å². The Morgan fingerprint density at radius 3 is 2.41 bits per heavy atom. The minimum absolute atomic E-state index is 0.260. The van der Waals surface area contributed by atoms with E-state index in [2.05, 4.69) is 26.5 Å². The number of hydrogen-bond donors (Lipinski definition) is 1. The first-order valence-electron chi connectivity index (χ1n) is 9.80. The molecular weight excluding hydrogens is 479 g/mol. The van der Waals surface area contributed by atoms with Crippen LogP contribution in [-0.4, -0.2) is 24.7 Å². The van der Waals surface area contributed by atoms with Gasteiger partial charge in [0.15, 0.2) is 0 Å². The predicted octanol–water partition coefficient (Wildman–Crippen LogP) is 5.36. The Hall–Kier alpha value is -3.52. The number of hydrazone groups is 1. The molecular formula is C24H20BrFN2O4. The number of nitrogens with one attached hydrogen (secondary N) is 1. The van der Waals surface area contributed by atoms with Crippen LogP contribution in [0.3, 0.4) is 0 Å². The largest absolute Gasteiger partial charge is 0.494 e. The molecule has 164 valence electrons. The molecule has 0 aliphatic heterocycles. The Morgan fingerprint density at radius 2 is 1.72 bits per heavy atom. The maximum Gasteiger partial charge on any atom is 0.343 e. The highest BCUT2D eigenvalue weighted by atomic mass is 79.9. The molecule has 3 rings (SSSR count). The van der Waals surface area contributed by atoms with E-state index >= 15 is 0 Å². The van der Waals surface area contributed by atoms with Gasteiger partial charge in [0.25, 0.3) is 5.91 Å². The monoisotopic (exact) mass is 498 g/mol. The Balaban J connectivity index is 1.69. The summed E-state index contributed by atoms with van der Waals surface area (Å²) in [5.74, 6) is -0.533. The molecule has 1 N–H and O–H groups in total. The number of nitrogens with zero attached hydrogens (tertiary/aromatic N) is 1. The van der Waals surface area contributed by atoms with Gasteiger partial charge in [-0.05, 0) is 73.2 Å². The summed E-state index contributed by atoms with van der Waals surface area (Å²) >= 11 is 3.36. The average Bonchev–Trinajstić information content (AvgIpc) is 2.80. The number of rotatable bonds is 8. The lowest BCUT2D eigenvalue weighted by atomic mass is 10.2. The minimum atomic E-state index is -0.542. The van der Waals surface area contributed by atoms with Crippen LogP contribution in [0, 0.1) is 5.82 Å². The lowest BCUT2D eigenvalue weighted by Gasteiger charge is -2.09. The third-order valence-corrected chi connectivity index (χ3v) is 4.71. The van der Waals surface area contributed by atoms with Crippen LogP contribution < -0.4 is 14.9 Å². The van der Waals surface area contributed by atoms with Crippen molar-refractivity contribution in [3.05, 3.63) is 93.7 Å². The van der Waals surface area contributed by atoms with Crippen LogP contribution in [0.25, 0.3) is 0 Å². The zero-order chi connectivity index (χ0) is 22.9. The molecule has 0 unspecified atom stereocenters. The number of esters is 1. The van der Waals surface area contributed by atoms with Crippen molar-refractivity contribution in [2.24, 2.45) is 5.10 Å². The molecule has 0 saturated heterocycles. The maximum absolute atomic E-state index is 13.0. The fourth-order valence-electron chi connectivity index (χ4n) is 2.61. The third-order valence-electron chi connectivity index (χ3n) is 4.21. The molecule has 0 aromatic heterocycles. The van der Waals surface area contributed by atoms with Crippen molar-refractivity contribution in [2.45, 2.75) is 13.3 Å². The van der Waals surface area contributed by atoms with E-state index in [0.29, 0.717) is 23.5 Å². The Bertz CT molecular complexity index is 1120. The summed E-state index contributed by atoms with van der Waals surface area (Å²) in [6, 6.07) is 16.8. The van der Waals surface area contributed by atoms with E-state index in [4.69, 9.17) is 9.47 Å². The van der Waals surface area contributed by atoms with Gasteiger partial charge in [-0.2, -0.15) is 5.10 Å². The fourth-order valence-corrected chi connectivity index (χ4v) is 2.98. The van der Waals surface area contributed by atoms with Gasteiger partial charge in [-0.15, -0.1) is 0 Å². The summed E-state index contributed by atoms with van der Waals surface area (Å²) in [6.45, 7) is 2.61. The van der Waals surface area contributed by atoms with Gasteiger partial charge in [0.1, 0.15) is 17.3 Å². The van der Waals surface area contributed by atoms with Crippen LogP contribution in [0.2, 0.25) is 0 Å². The van der Waals surface area contributed by atoms with Crippen molar-refractivity contribution in [1.82, 2.24) is 5.43 Å². The summed E-state index contributed by atoms with van der Waals surface area (Å²) in [5, 5.41) is 3.92. The van der Waals surface area contributed by atoms with Crippen LogP contribution >= 0.6 is 15.9 Å². The van der Waals surface area contributed by atoms with Crippen molar-refractivity contribution in [2.75, 3.05) is 6.61 Å². The Kier molecular flexibility index (Phi) is 8.10. The summed E-state index contributed by atoms with van der Waals surface area (Å²) in [5.41, 5.74) is 3.45. The molecule has 6 nitrogen and oxygen atoms in total. The van der Waals surface area contributed by atoms with Crippen LogP contribution in [0.4, 0.5) is 4.39 Å². The molecule has 0 aliphatic rings. The molecule has 0 spiro atoms. The fraction of sp³-hybridized carbons (Fsp3) is 0.125. The first kappa shape index (κ1) is 23.1. The number of carbonyl (C=O) groups excluding carboxylic acids is 2. The first-order valence-corrected chi connectivity index (χ1v) is 10.6. The van der Waals surface area contributed by atoms with E-state index in [1.807, 2.05) is 6.92 Å². The van der Waals surface area contributed by atoms with Crippen LogP contribution in [0.5, 0.6) is 11.5 Å². The number of hydrogen-bond acceptors (Lipinski definition) is 5. The number of halogens is 2. The third kappa shape index (κ3) is 6.49. The summed E-state index contributed by atoms with van der Waals surface area (Å²) in [4.78, 5) is 24.7. The lowest BCUT2D eigenvalue weighted by molar-refractivity contribution is 0.0734. The van der Waals surface area contributed by atoms with Gasteiger partial charge < -0.3 is 9.47 Å². The van der Waals surface area contributed by atoms with Gasteiger partial charge in [0.2, 0.25) is 0 Å². The first-order chi connectivity index (χ1) is 15.5. The normalized spacial score (nSPS) is 10.7. The molecule has 3 aromatic carbocycles. The average molecular weight is 499 g/mol. The van der Waals surface area contributed by atoms with Crippen molar-refractivity contribution in [1.29, 1.82) is 0 Å². The Labute approximate surface area is 193 Å². The number of benzene rings is 3. The molecule has 0 fully saturated rings. The van der Waals surface area contributed by atoms with Crippen LogP contribution in [0.15, 0.2) is 76.3 Å². The van der Waals surface area contributed by atoms with Gasteiger partial charge >= 0.3 is 5.97 Å². The molecule has 0 saturated carbocycles. The van der Waals surface area contributed by atoms with Crippen LogP contribution in [-0.2, 0) is 0 Å². The summed E-state index contributed by atoms with van der Waals surface area (Å²) < 4.78 is 24.8. The van der Waals surface area contributed by atoms with Gasteiger partial charge in [-0.1, -0.05) is 22.9 Å². The highest BCUT2D eigenvalue weighted by molar-refractivity contribution is 9.10. The molecule has 3 aromatic rings. The van der Waals surface area contributed by atoms with Crippen molar-refractivity contribution in [3.8, 4) is 11.5 Å². The molecule has 0 radical (unpaired) electrons. The Morgan fingerprint density at radius 1 is 1.03 bits per heavy atom. The van der Waals surface area contributed by atoms with Gasteiger partial charge in [0, 0.05) is 15.6 Å². The number of carbonyl (C=O) groups is 2. The van der Waals surface area contributed by atoms with Crippen molar-refractivity contribution < 1.29 is 23.5 Å². The second-order valence-corrected chi connectivity index (χ2v) is 7.57. The molecule has 32 heavy (non-hydrogen) atoms. The van der Waals surface area contributed by atoms with Gasteiger partial charge in [-0.3, -0.25) is 4.79 Å². The summed E-state index contributed by atoms with van der Waals surface area (Å²) in [7, 11) is 0. The van der Waals surface area contributed by atoms with E-state index in [9.17, 15) is 14.0 Å². The van der Waals surface area contributed by atoms with Gasteiger partial charge in [0.05, 0.1) is 18.4 Å². The highest BCUT2D eigenvalue weighted by Gasteiger charge is 2.12. The minimum Gasteiger partial charge on any atom is -0.494 e. The van der Waals surface area contributed by atoms with E-state index in [0.717, 1.165) is 10.9 Å². The SMILES string of the molecule is CCCOc1ccc(C(=O)Oc2ccc(Br)cc2C=NNC(=O)c2ccc(F)cc2)cc1. The second-order valence-electron chi connectivity index (χ2n) is 6.65. The van der Waals surface area contributed by atoms with Crippen LogP contribution in [0.1, 0.15) is 39.6 Å². The topological polar surface area (TPSA) is 77.0 Å². The predicted molar refractivity (Wildman–Crippen MR) is 123 cm³/mol. The van der Waals surface area contributed by atoms with Crippen molar-refractivity contribution in [3.63, 3.8) is 0 Å². The zero-order valence-corrected chi connectivity index (χ0v) is 18.8. The van der Waals surface area contributed by atoms with E-state index < -0.39 is 17.7 Å². The highest BCUT2D eigenvalue weighted by Crippen LogP contribution is 2.23. The zero-order valence-electron chi connectivity index (χ0n) is 17.2. The quantitative estimate of drug-likeness (QED) is 0.196. The number of amides is 1.